The summed E-state index contributed by atoms with van der Waals surface area (Å²) in [5.41, 5.74) is 1.63. The Morgan fingerprint density at radius 3 is 2.60 bits per heavy atom. The van der Waals surface area contributed by atoms with E-state index >= 15 is 0 Å². The van der Waals surface area contributed by atoms with Gasteiger partial charge in [-0.3, -0.25) is 14.3 Å². The molecule has 136 valence electrons. The second-order valence-electron chi connectivity index (χ2n) is 8.55. The van der Waals surface area contributed by atoms with E-state index < -0.39 is 0 Å². The van der Waals surface area contributed by atoms with E-state index in [4.69, 9.17) is 5.10 Å². The van der Waals surface area contributed by atoms with Gasteiger partial charge in [0.1, 0.15) is 0 Å². The molecule has 3 heterocycles. The highest BCUT2D eigenvalue weighted by Gasteiger charge is 2.47. The van der Waals surface area contributed by atoms with Crippen LogP contribution in [0.15, 0.2) is 6.20 Å². The number of piperidine rings is 1. The summed E-state index contributed by atoms with van der Waals surface area (Å²) in [7, 11) is 1.88. The summed E-state index contributed by atoms with van der Waals surface area (Å²) in [5, 5.41) is 4.84. The molecule has 4 rings (SSSR count). The lowest BCUT2D eigenvalue weighted by Crippen LogP contribution is -2.54. The molecule has 6 nitrogen and oxygen atoms in total. The van der Waals surface area contributed by atoms with Crippen LogP contribution in [0.3, 0.4) is 0 Å². The Hall–Kier alpha value is -1.85. The first-order chi connectivity index (χ1) is 11.9. The quantitative estimate of drug-likeness (QED) is 0.841. The molecule has 2 fully saturated rings. The van der Waals surface area contributed by atoms with Crippen LogP contribution in [0.1, 0.15) is 55.6 Å². The van der Waals surface area contributed by atoms with E-state index in [1.807, 2.05) is 27.7 Å². The molecule has 1 aromatic heterocycles. The number of hydrogen-bond acceptors (Lipinski definition) is 3. The Balaban J connectivity index is 1.60. The highest BCUT2D eigenvalue weighted by molar-refractivity contribution is 5.96. The van der Waals surface area contributed by atoms with Crippen molar-refractivity contribution in [3.8, 4) is 0 Å². The number of nitrogens with zero attached hydrogens (tertiary/aromatic N) is 4. The summed E-state index contributed by atoms with van der Waals surface area (Å²) in [6.07, 6.45) is 5.84. The Morgan fingerprint density at radius 1 is 1.32 bits per heavy atom. The summed E-state index contributed by atoms with van der Waals surface area (Å²) >= 11 is 0. The van der Waals surface area contributed by atoms with Crippen LogP contribution in [0, 0.1) is 11.8 Å². The van der Waals surface area contributed by atoms with Crippen molar-refractivity contribution in [2.24, 2.45) is 11.8 Å². The van der Waals surface area contributed by atoms with Crippen LogP contribution >= 0.6 is 0 Å². The van der Waals surface area contributed by atoms with Crippen molar-refractivity contribution in [2.75, 3.05) is 26.7 Å². The number of rotatable bonds is 3. The van der Waals surface area contributed by atoms with Gasteiger partial charge >= 0.3 is 0 Å². The molecule has 0 N–H and O–H groups in total. The first-order valence-electron chi connectivity index (χ1n) is 9.52. The van der Waals surface area contributed by atoms with E-state index in [0.29, 0.717) is 18.4 Å². The highest BCUT2D eigenvalue weighted by atomic mass is 16.2. The van der Waals surface area contributed by atoms with Gasteiger partial charge in [-0.25, -0.2) is 0 Å². The van der Waals surface area contributed by atoms with Gasteiger partial charge < -0.3 is 9.80 Å². The van der Waals surface area contributed by atoms with Crippen LogP contribution < -0.4 is 0 Å². The van der Waals surface area contributed by atoms with Gasteiger partial charge in [-0.2, -0.15) is 5.10 Å². The van der Waals surface area contributed by atoms with Gasteiger partial charge in [0.25, 0.3) is 5.91 Å². The average Bonchev–Trinajstić information content (AvgIpc) is 3.33. The SMILES string of the molecule is CC(C)Cn1cc2c(n1)C1(CCN(C(=O)C3CC3)CC1)CN(C)C2=O. The third-order valence-electron chi connectivity index (χ3n) is 5.89. The molecule has 1 saturated heterocycles. The monoisotopic (exact) mass is 344 g/mol. The molecular formula is C19H28N4O2. The van der Waals surface area contributed by atoms with E-state index in [1.54, 1.807) is 0 Å². The van der Waals surface area contributed by atoms with E-state index in [1.165, 1.54) is 0 Å². The van der Waals surface area contributed by atoms with Crippen LogP contribution in [-0.2, 0) is 16.8 Å². The van der Waals surface area contributed by atoms with Crippen LogP contribution in [0.4, 0.5) is 0 Å². The Bertz CT molecular complexity index is 696. The third kappa shape index (κ3) is 2.85. The minimum Gasteiger partial charge on any atom is -0.342 e. The zero-order valence-corrected chi connectivity index (χ0v) is 15.5. The number of aromatic nitrogens is 2. The van der Waals surface area contributed by atoms with Gasteiger partial charge in [-0.1, -0.05) is 13.8 Å². The standard InChI is InChI=1S/C19H28N4O2/c1-13(2)10-23-11-15-16(20-23)19(12-21(3)18(15)25)6-8-22(9-7-19)17(24)14-4-5-14/h11,13-14H,4-10,12H2,1-3H3. The van der Waals surface area contributed by atoms with E-state index in [-0.39, 0.29) is 17.2 Å². The lowest BCUT2D eigenvalue weighted by Gasteiger charge is -2.45. The fraction of sp³-hybridized carbons (Fsp3) is 0.737. The van der Waals surface area contributed by atoms with E-state index in [0.717, 1.165) is 56.6 Å². The van der Waals surface area contributed by atoms with E-state index in [9.17, 15) is 9.59 Å². The molecule has 1 spiro atoms. The molecular weight excluding hydrogens is 316 g/mol. The van der Waals surface area contributed by atoms with Gasteiger partial charge in [0.2, 0.25) is 5.91 Å². The molecule has 0 aromatic carbocycles. The molecule has 1 aliphatic carbocycles. The number of carbonyl (C=O) groups excluding carboxylic acids is 2. The number of likely N-dealkylation sites (tertiary alicyclic amines) is 1. The Labute approximate surface area is 149 Å². The second-order valence-corrected chi connectivity index (χ2v) is 8.55. The summed E-state index contributed by atoms with van der Waals surface area (Å²) in [6.45, 7) is 7.43. The molecule has 25 heavy (non-hydrogen) atoms. The molecule has 2 amide bonds. The normalized spacial score (nSPS) is 22.6. The van der Waals surface area contributed by atoms with Gasteiger partial charge in [-0.05, 0) is 31.6 Å². The first-order valence-corrected chi connectivity index (χ1v) is 9.52. The summed E-state index contributed by atoms with van der Waals surface area (Å²) in [6, 6.07) is 0. The topological polar surface area (TPSA) is 58.4 Å². The lowest BCUT2D eigenvalue weighted by molar-refractivity contribution is -0.134. The van der Waals surface area contributed by atoms with Crippen molar-refractivity contribution in [3.05, 3.63) is 17.5 Å². The zero-order valence-electron chi connectivity index (χ0n) is 15.5. The molecule has 2 aliphatic heterocycles. The Kier molecular flexibility index (Phi) is 3.89. The average molecular weight is 344 g/mol. The van der Waals surface area contributed by atoms with Crippen LogP contribution in [0.25, 0.3) is 0 Å². The maximum absolute atomic E-state index is 12.6. The number of fused-ring (bicyclic) bond motifs is 2. The molecule has 3 aliphatic rings. The van der Waals surface area contributed by atoms with Crippen molar-refractivity contribution in [2.45, 2.75) is 51.5 Å². The summed E-state index contributed by atoms with van der Waals surface area (Å²) < 4.78 is 1.94. The van der Waals surface area contributed by atoms with Gasteiger partial charge in [0, 0.05) is 50.8 Å². The van der Waals surface area contributed by atoms with Gasteiger partial charge in [0.15, 0.2) is 0 Å². The molecule has 0 atom stereocenters. The largest absolute Gasteiger partial charge is 0.342 e. The smallest absolute Gasteiger partial charge is 0.257 e. The summed E-state index contributed by atoms with van der Waals surface area (Å²) in [4.78, 5) is 28.8. The minimum atomic E-state index is -0.0967. The molecule has 1 aromatic rings. The molecule has 0 radical (unpaired) electrons. The molecule has 0 unspecified atom stereocenters. The fourth-order valence-corrected chi connectivity index (χ4v) is 4.38. The maximum atomic E-state index is 12.6. The van der Waals surface area contributed by atoms with E-state index in [2.05, 4.69) is 13.8 Å². The Morgan fingerprint density at radius 2 is 2.00 bits per heavy atom. The van der Waals surface area contributed by atoms with Gasteiger partial charge in [-0.15, -0.1) is 0 Å². The minimum absolute atomic E-state index is 0.0760. The fourth-order valence-electron chi connectivity index (χ4n) is 4.38. The van der Waals surface area contributed by atoms with Crippen molar-refractivity contribution in [3.63, 3.8) is 0 Å². The lowest BCUT2D eigenvalue weighted by atomic mass is 9.72. The van der Waals surface area contributed by atoms with Crippen LogP contribution in [0.2, 0.25) is 0 Å². The maximum Gasteiger partial charge on any atom is 0.257 e. The second kappa shape index (κ2) is 5.85. The third-order valence-corrected chi connectivity index (χ3v) is 5.89. The molecule has 6 heteroatoms. The highest BCUT2D eigenvalue weighted by Crippen LogP contribution is 2.42. The number of amides is 2. The molecule has 1 saturated carbocycles. The number of likely N-dealkylation sites (N-methyl/N-ethyl adjacent to an activating group) is 1. The van der Waals surface area contributed by atoms with Gasteiger partial charge in [0.05, 0.1) is 11.3 Å². The van der Waals surface area contributed by atoms with Crippen molar-refractivity contribution in [1.82, 2.24) is 19.6 Å². The predicted octanol–water partition coefficient (Wildman–Crippen LogP) is 1.89. The summed E-state index contributed by atoms with van der Waals surface area (Å²) in [5.74, 6) is 1.18. The zero-order chi connectivity index (χ0) is 17.8. The number of carbonyl (C=O) groups is 2. The number of hydrogen-bond donors (Lipinski definition) is 0. The van der Waals surface area contributed by atoms with Crippen LogP contribution in [0.5, 0.6) is 0 Å². The predicted molar refractivity (Wildman–Crippen MR) is 94.2 cm³/mol. The van der Waals surface area contributed by atoms with Crippen molar-refractivity contribution < 1.29 is 9.59 Å². The molecule has 0 bridgehead atoms. The van der Waals surface area contributed by atoms with Crippen molar-refractivity contribution >= 4 is 11.8 Å². The van der Waals surface area contributed by atoms with Crippen molar-refractivity contribution in [1.29, 1.82) is 0 Å². The van der Waals surface area contributed by atoms with Crippen LogP contribution in [-0.4, -0.2) is 58.1 Å². The first kappa shape index (κ1) is 16.6.